The highest BCUT2D eigenvalue weighted by atomic mass is 16.5. The molecule has 1 N–H and O–H groups in total. The van der Waals surface area contributed by atoms with Crippen LogP contribution in [0, 0.1) is 0 Å². The van der Waals surface area contributed by atoms with Crippen molar-refractivity contribution in [3.63, 3.8) is 0 Å². The van der Waals surface area contributed by atoms with Crippen LogP contribution in [0.2, 0.25) is 0 Å². The van der Waals surface area contributed by atoms with Gasteiger partial charge in [0.1, 0.15) is 5.75 Å². The first-order valence-electron chi connectivity index (χ1n) is 4.37. The van der Waals surface area contributed by atoms with Crippen LogP contribution in [0.5, 0.6) is 5.75 Å². The summed E-state index contributed by atoms with van der Waals surface area (Å²) in [5.74, 6) is 0.156. The van der Waals surface area contributed by atoms with E-state index in [-0.39, 0.29) is 5.97 Å². The van der Waals surface area contributed by atoms with Gasteiger partial charge in [0.05, 0.1) is 0 Å². The fourth-order valence-corrected chi connectivity index (χ4v) is 0.997. The first-order valence-corrected chi connectivity index (χ1v) is 4.37. The Morgan fingerprint density at radius 3 is 2.53 bits per heavy atom. The molecule has 78 valence electrons. The van der Waals surface area contributed by atoms with Crippen LogP contribution < -0.4 is 10.1 Å². The Morgan fingerprint density at radius 1 is 1.33 bits per heavy atom. The second kappa shape index (κ2) is 5.59. The van der Waals surface area contributed by atoms with Crippen LogP contribution in [-0.4, -0.2) is 12.4 Å². The molecule has 15 heavy (non-hydrogen) atoms. The molecule has 0 fully saturated rings. The predicted octanol–water partition coefficient (Wildman–Crippen LogP) is 1.33. The smallest absolute Gasteiger partial charge is 0.308 e. The van der Waals surface area contributed by atoms with Crippen molar-refractivity contribution in [1.82, 2.24) is 5.32 Å². The molecule has 0 atom stereocenters. The van der Waals surface area contributed by atoms with E-state index in [9.17, 15) is 9.59 Å². The maximum Gasteiger partial charge on any atom is 0.308 e. The second-order valence-corrected chi connectivity index (χ2v) is 2.78. The summed E-state index contributed by atoms with van der Waals surface area (Å²) in [6, 6.07) is 6.92. The molecule has 1 aromatic carbocycles. The van der Waals surface area contributed by atoms with Crippen LogP contribution in [0.15, 0.2) is 30.5 Å². The molecule has 1 aromatic rings. The largest absolute Gasteiger partial charge is 0.427 e. The van der Waals surface area contributed by atoms with Gasteiger partial charge in [-0.05, 0) is 23.8 Å². The van der Waals surface area contributed by atoms with Crippen molar-refractivity contribution in [2.45, 2.75) is 6.92 Å². The minimum atomic E-state index is -0.346. The molecule has 1 amide bonds. The lowest BCUT2D eigenvalue weighted by atomic mass is 10.2. The fraction of sp³-hybridized carbons (Fsp3) is 0.0909. The molecule has 0 spiro atoms. The molecule has 0 aliphatic rings. The third-order valence-electron chi connectivity index (χ3n) is 1.58. The molecule has 0 saturated carbocycles. The van der Waals surface area contributed by atoms with E-state index in [0.29, 0.717) is 12.2 Å². The molecule has 0 bridgehead atoms. The summed E-state index contributed by atoms with van der Waals surface area (Å²) in [5, 5.41) is 2.40. The molecule has 4 nitrogen and oxygen atoms in total. The Bertz CT molecular complexity index is 368. The number of ether oxygens (including phenoxy) is 1. The van der Waals surface area contributed by atoms with Gasteiger partial charge in [-0.2, -0.15) is 0 Å². The van der Waals surface area contributed by atoms with E-state index in [1.165, 1.54) is 13.1 Å². The summed E-state index contributed by atoms with van der Waals surface area (Å²) >= 11 is 0. The average molecular weight is 205 g/mol. The maximum absolute atomic E-state index is 10.6. The summed E-state index contributed by atoms with van der Waals surface area (Å²) in [7, 11) is 0. The van der Waals surface area contributed by atoms with Crippen molar-refractivity contribution in [3.8, 4) is 5.75 Å². The summed E-state index contributed by atoms with van der Waals surface area (Å²) in [5.41, 5.74) is 0.903. The standard InChI is InChI=1S/C11H11NO3/c1-9(14)15-11-4-2-10(3-5-11)6-7-12-8-13/h2-8H,1H3,(H,12,13). The first-order chi connectivity index (χ1) is 7.22. The molecule has 0 aromatic heterocycles. The van der Waals surface area contributed by atoms with Gasteiger partial charge in [-0.25, -0.2) is 0 Å². The minimum Gasteiger partial charge on any atom is -0.427 e. The molecule has 0 aliphatic heterocycles. The number of benzene rings is 1. The zero-order chi connectivity index (χ0) is 11.1. The van der Waals surface area contributed by atoms with Gasteiger partial charge in [0.2, 0.25) is 6.41 Å². The minimum absolute atomic E-state index is 0.346. The number of amides is 1. The van der Waals surface area contributed by atoms with E-state index in [1.54, 1.807) is 30.3 Å². The van der Waals surface area contributed by atoms with Crippen LogP contribution >= 0.6 is 0 Å². The van der Waals surface area contributed by atoms with Gasteiger partial charge in [-0.1, -0.05) is 12.1 Å². The zero-order valence-corrected chi connectivity index (χ0v) is 8.27. The number of hydrogen-bond acceptors (Lipinski definition) is 3. The van der Waals surface area contributed by atoms with Crippen LogP contribution in [0.4, 0.5) is 0 Å². The molecule has 0 unspecified atom stereocenters. The molecule has 0 radical (unpaired) electrons. The van der Waals surface area contributed by atoms with Gasteiger partial charge in [0, 0.05) is 13.1 Å². The Kier molecular flexibility index (Phi) is 4.09. The Balaban J connectivity index is 2.63. The van der Waals surface area contributed by atoms with Crippen LogP contribution in [0.1, 0.15) is 12.5 Å². The lowest BCUT2D eigenvalue weighted by Crippen LogP contribution is -2.01. The number of rotatable bonds is 4. The van der Waals surface area contributed by atoms with Crippen molar-refractivity contribution in [2.75, 3.05) is 0 Å². The summed E-state index contributed by atoms with van der Waals surface area (Å²) in [6.45, 7) is 1.35. The van der Waals surface area contributed by atoms with Gasteiger partial charge >= 0.3 is 5.97 Å². The molecular formula is C11H11NO3. The molecule has 4 heteroatoms. The predicted molar refractivity (Wildman–Crippen MR) is 56.0 cm³/mol. The van der Waals surface area contributed by atoms with Crippen LogP contribution in [-0.2, 0) is 9.59 Å². The highest BCUT2D eigenvalue weighted by Gasteiger charge is 1.96. The number of nitrogens with one attached hydrogen (secondary N) is 1. The van der Waals surface area contributed by atoms with Crippen molar-refractivity contribution in [1.29, 1.82) is 0 Å². The fourth-order valence-electron chi connectivity index (χ4n) is 0.997. The van der Waals surface area contributed by atoms with E-state index in [1.807, 2.05) is 0 Å². The highest BCUT2D eigenvalue weighted by molar-refractivity contribution is 5.69. The van der Waals surface area contributed by atoms with Crippen molar-refractivity contribution in [2.24, 2.45) is 0 Å². The quantitative estimate of drug-likeness (QED) is 0.458. The first kappa shape index (κ1) is 11.0. The molecule has 0 saturated heterocycles. The maximum atomic E-state index is 10.6. The highest BCUT2D eigenvalue weighted by Crippen LogP contribution is 2.12. The topological polar surface area (TPSA) is 55.4 Å². The molecular weight excluding hydrogens is 194 g/mol. The second-order valence-electron chi connectivity index (χ2n) is 2.78. The normalized spacial score (nSPS) is 9.93. The Hall–Kier alpha value is -2.10. The lowest BCUT2D eigenvalue weighted by Gasteiger charge is -2.00. The average Bonchev–Trinajstić information content (AvgIpc) is 2.20. The summed E-state index contributed by atoms with van der Waals surface area (Å²) in [4.78, 5) is 20.6. The third kappa shape index (κ3) is 4.08. The van der Waals surface area contributed by atoms with E-state index in [2.05, 4.69) is 5.32 Å². The monoisotopic (exact) mass is 205 g/mol. The van der Waals surface area contributed by atoms with E-state index < -0.39 is 0 Å². The SMILES string of the molecule is CC(=O)Oc1ccc(C=CNC=O)cc1. The van der Waals surface area contributed by atoms with Crippen molar-refractivity contribution < 1.29 is 14.3 Å². The number of carbonyl (C=O) groups excluding carboxylic acids is 2. The number of carbonyl (C=O) groups is 2. The van der Waals surface area contributed by atoms with E-state index >= 15 is 0 Å². The van der Waals surface area contributed by atoms with Crippen molar-refractivity contribution in [3.05, 3.63) is 36.0 Å². The van der Waals surface area contributed by atoms with Crippen LogP contribution in [0.25, 0.3) is 6.08 Å². The molecule has 1 rings (SSSR count). The zero-order valence-electron chi connectivity index (χ0n) is 8.27. The lowest BCUT2D eigenvalue weighted by molar-refractivity contribution is -0.131. The Labute approximate surface area is 87.6 Å². The van der Waals surface area contributed by atoms with Gasteiger partial charge in [-0.3, -0.25) is 9.59 Å². The Morgan fingerprint density at radius 2 is 2.00 bits per heavy atom. The molecule has 0 heterocycles. The van der Waals surface area contributed by atoms with Gasteiger partial charge in [0.15, 0.2) is 0 Å². The summed E-state index contributed by atoms with van der Waals surface area (Å²) in [6.07, 6.45) is 3.84. The molecule has 0 aliphatic carbocycles. The van der Waals surface area contributed by atoms with Gasteiger partial charge in [0.25, 0.3) is 0 Å². The van der Waals surface area contributed by atoms with Crippen LogP contribution in [0.3, 0.4) is 0 Å². The number of esters is 1. The van der Waals surface area contributed by atoms with Gasteiger partial charge in [-0.15, -0.1) is 0 Å². The third-order valence-corrected chi connectivity index (χ3v) is 1.58. The van der Waals surface area contributed by atoms with E-state index in [4.69, 9.17) is 4.74 Å². The number of hydrogen-bond donors (Lipinski definition) is 1. The van der Waals surface area contributed by atoms with Gasteiger partial charge < -0.3 is 10.1 Å². The van der Waals surface area contributed by atoms with E-state index in [0.717, 1.165) is 5.56 Å². The van der Waals surface area contributed by atoms with Crippen molar-refractivity contribution >= 4 is 18.5 Å². The summed E-state index contributed by atoms with van der Waals surface area (Å²) < 4.78 is 4.86.